The first-order chi connectivity index (χ1) is 13.7. The Balaban J connectivity index is 2.32. The van der Waals surface area contributed by atoms with Crippen LogP contribution in [0.5, 0.6) is 0 Å². The fourth-order valence-electron chi connectivity index (χ4n) is 2.77. The molecule has 2 amide bonds. The van der Waals surface area contributed by atoms with Crippen LogP contribution in [-0.4, -0.2) is 29.3 Å². The number of hydrogen-bond acceptors (Lipinski definition) is 2. The van der Waals surface area contributed by atoms with Crippen molar-refractivity contribution in [3.8, 4) is 0 Å². The maximum atomic E-state index is 13.2. The Morgan fingerprint density at radius 1 is 1.03 bits per heavy atom. The first kappa shape index (κ1) is 23.8. The number of amides is 2. The maximum Gasteiger partial charge on any atom is 0.242 e. The number of nitrogens with zero attached hydrogens (tertiary/aromatic N) is 1. The van der Waals surface area contributed by atoms with Gasteiger partial charge >= 0.3 is 0 Å². The summed E-state index contributed by atoms with van der Waals surface area (Å²) >= 11 is 24.7. The van der Waals surface area contributed by atoms with E-state index in [-0.39, 0.29) is 24.8 Å². The Morgan fingerprint density at radius 2 is 1.69 bits per heavy atom. The van der Waals surface area contributed by atoms with Crippen molar-refractivity contribution < 1.29 is 9.59 Å². The number of benzene rings is 2. The minimum absolute atomic E-state index is 0.0326. The Labute approximate surface area is 191 Å². The Morgan fingerprint density at radius 3 is 2.28 bits per heavy atom. The molecule has 8 heteroatoms. The van der Waals surface area contributed by atoms with E-state index in [1.807, 2.05) is 6.92 Å². The van der Waals surface area contributed by atoms with Crippen molar-refractivity contribution in [2.75, 3.05) is 6.54 Å². The van der Waals surface area contributed by atoms with Crippen LogP contribution in [0.2, 0.25) is 20.1 Å². The highest BCUT2D eigenvalue weighted by molar-refractivity contribution is 6.36. The van der Waals surface area contributed by atoms with Crippen molar-refractivity contribution in [1.82, 2.24) is 10.2 Å². The zero-order valence-corrected chi connectivity index (χ0v) is 19.2. The molecule has 0 aliphatic rings. The fourth-order valence-corrected chi connectivity index (χ4v) is 3.77. The minimum Gasteiger partial charge on any atom is -0.354 e. The van der Waals surface area contributed by atoms with E-state index in [1.54, 1.807) is 43.3 Å². The molecule has 0 bridgehead atoms. The molecule has 2 rings (SSSR count). The van der Waals surface area contributed by atoms with E-state index < -0.39 is 6.04 Å². The van der Waals surface area contributed by atoms with Gasteiger partial charge in [-0.25, -0.2) is 0 Å². The van der Waals surface area contributed by atoms with E-state index in [1.165, 1.54) is 4.90 Å². The van der Waals surface area contributed by atoms with Crippen molar-refractivity contribution in [3.63, 3.8) is 0 Å². The van der Waals surface area contributed by atoms with E-state index in [0.29, 0.717) is 37.8 Å². The molecule has 0 saturated heterocycles. The summed E-state index contributed by atoms with van der Waals surface area (Å²) in [6.07, 6.45) is 0.764. The van der Waals surface area contributed by atoms with Crippen molar-refractivity contribution in [3.05, 3.63) is 67.6 Å². The molecule has 29 heavy (non-hydrogen) atoms. The Hall–Kier alpha value is -1.46. The predicted octanol–water partition coefficient (Wildman–Crippen LogP) is 5.79. The number of carbonyl (C=O) groups excluding carboxylic acids is 2. The zero-order chi connectivity index (χ0) is 21.6. The Kier molecular flexibility index (Phi) is 9.09. The van der Waals surface area contributed by atoms with E-state index in [2.05, 4.69) is 5.32 Å². The normalized spacial score (nSPS) is 11.8. The second kappa shape index (κ2) is 11.1. The van der Waals surface area contributed by atoms with Crippen molar-refractivity contribution >= 4 is 58.2 Å². The van der Waals surface area contributed by atoms with Gasteiger partial charge in [-0.1, -0.05) is 65.5 Å². The molecule has 0 spiro atoms. The number of rotatable bonds is 8. The molecule has 0 aliphatic carbocycles. The molecule has 2 aromatic carbocycles. The van der Waals surface area contributed by atoms with Crippen LogP contribution in [0, 0.1) is 0 Å². The maximum absolute atomic E-state index is 13.2. The summed E-state index contributed by atoms with van der Waals surface area (Å²) in [4.78, 5) is 27.2. The highest BCUT2D eigenvalue weighted by atomic mass is 35.5. The van der Waals surface area contributed by atoms with Crippen molar-refractivity contribution in [2.24, 2.45) is 0 Å². The summed E-state index contributed by atoms with van der Waals surface area (Å²) in [6.45, 7) is 4.32. The lowest BCUT2D eigenvalue weighted by atomic mass is 10.1. The molecule has 0 unspecified atom stereocenters. The van der Waals surface area contributed by atoms with Crippen molar-refractivity contribution in [2.45, 2.75) is 39.3 Å². The molecule has 1 atom stereocenters. The van der Waals surface area contributed by atoms with Gasteiger partial charge in [0.15, 0.2) is 0 Å². The molecule has 0 radical (unpaired) electrons. The SMILES string of the molecule is CCCNC(=O)[C@H](C)N(Cc1ccc(Cl)cc1Cl)C(=O)Cc1c(Cl)cccc1Cl. The molecular formula is C21H22Cl4N2O2. The summed E-state index contributed by atoms with van der Waals surface area (Å²) in [7, 11) is 0. The molecule has 2 aromatic rings. The van der Waals surface area contributed by atoms with Gasteiger partial charge in [-0.2, -0.15) is 0 Å². The molecule has 0 saturated carbocycles. The molecule has 156 valence electrons. The first-order valence-corrected chi connectivity index (χ1v) is 10.7. The molecular weight excluding hydrogens is 454 g/mol. The van der Waals surface area contributed by atoms with Crippen molar-refractivity contribution in [1.29, 1.82) is 0 Å². The smallest absolute Gasteiger partial charge is 0.242 e. The average molecular weight is 476 g/mol. The van der Waals surface area contributed by atoms with Gasteiger partial charge in [-0.15, -0.1) is 0 Å². The molecule has 0 fully saturated rings. The van der Waals surface area contributed by atoms with Crippen LogP contribution in [0.3, 0.4) is 0 Å². The highest BCUT2D eigenvalue weighted by Gasteiger charge is 2.27. The molecule has 1 N–H and O–H groups in total. The van der Waals surface area contributed by atoms with Gasteiger partial charge in [0.2, 0.25) is 11.8 Å². The number of carbonyl (C=O) groups is 2. The third kappa shape index (κ3) is 6.51. The van der Waals surface area contributed by atoms with E-state index in [0.717, 1.165) is 6.42 Å². The van der Waals surface area contributed by atoms with Crippen LogP contribution in [0.1, 0.15) is 31.4 Å². The number of nitrogens with one attached hydrogen (secondary N) is 1. The summed E-state index contributed by atoms with van der Waals surface area (Å²) in [6, 6.07) is 9.39. The van der Waals surface area contributed by atoms with Gasteiger partial charge < -0.3 is 10.2 Å². The van der Waals surface area contributed by atoms with Crippen LogP contribution in [0.25, 0.3) is 0 Å². The monoisotopic (exact) mass is 474 g/mol. The predicted molar refractivity (Wildman–Crippen MR) is 120 cm³/mol. The van der Waals surface area contributed by atoms with Crippen LogP contribution in [0.4, 0.5) is 0 Å². The first-order valence-electron chi connectivity index (χ1n) is 9.18. The van der Waals surface area contributed by atoms with Gasteiger partial charge in [-0.05, 0) is 48.7 Å². The van der Waals surface area contributed by atoms with E-state index in [9.17, 15) is 9.59 Å². The van der Waals surface area contributed by atoms with Crippen LogP contribution >= 0.6 is 46.4 Å². The lowest BCUT2D eigenvalue weighted by Gasteiger charge is -2.29. The largest absolute Gasteiger partial charge is 0.354 e. The van der Waals surface area contributed by atoms with Crippen LogP contribution < -0.4 is 5.32 Å². The van der Waals surface area contributed by atoms with Gasteiger partial charge in [0.05, 0.1) is 6.42 Å². The third-order valence-corrected chi connectivity index (χ3v) is 5.76. The summed E-state index contributed by atoms with van der Waals surface area (Å²) in [5, 5.41) is 4.54. The van der Waals surface area contributed by atoms with Gasteiger partial charge in [0.25, 0.3) is 0 Å². The average Bonchev–Trinajstić information content (AvgIpc) is 2.67. The zero-order valence-electron chi connectivity index (χ0n) is 16.1. The van der Waals surface area contributed by atoms with Gasteiger partial charge in [0.1, 0.15) is 6.04 Å². The minimum atomic E-state index is -0.706. The third-order valence-electron chi connectivity index (χ3n) is 4.46. The Bertz CT molecular complexity index is 869. The summed E-state index contributed by atoms with van der Waals surface area (Å²) in [5.41, 5.74) is 1.21. The lowest BCUT2D eigenvalue weighted by Crippen LogP contribution is -2.48. The number of hydrogen-bond donors (Lipinski definition) is 1. The van der Waals surface area contributed by atoms with Crippen LogP contribution in [0.15, 0.2) is 36.4 Å². The topological polar surface area (TPSA) is 49.4 Å². The second-order valence-corrected chi connectivity index (χ2v) is 8.26. The second-order valence-electron chi connectivity index (χ2n) is 6.60. The summed E-state index contributed by atoms with van der Waals surface area (Å²) < 4.78 is 0. The van der Waals surface area contributed by atoms with Gasteiger partial charge in [-0.3, -0.25) is 9.59 Å². The fraction of sp³-hybridized carbons (Fsp3) is 0.333. The molecule has 0 aromatic heterocycles. The molecule has 0 heterocycles. The quantitative estimate of drug-likeness (QED) is 0.525. The summed E-state index contributed by atoms with van der Waals surface area (Å²) in [5.74, 6) is -0.527. The van der Waals surface area contributed by atoms with E-state index >= 15 is 0 Å². The lowest BCUT2D eigenvalue weighted by molar-refractivity contribution is -0.140. The highest BCUT2D eigenvalue weighted by Crippen LogP contribution is 2.27. The number of halogens is 4. The van der Waals surface area contributed by atoms with Gasteiger partial charge in [0, 0.05) is 33.2 Å². The standard InChI is InChI=1S/C21H22Cl4N2O2/c1-3-9-26-21(29)13(2)27(12-14-7-8-15(22)10-19(14)25)20(28)11-16-17(23)5-4-6-18(16)24/h4-8,10,13H,3,9,11-12H2,1-2H3,(H,26,29)/t13-/m0/s1. The molecule has 0 aliphatic heterocycles. The van der Waals surface area contributed by atoms with E-state index in [4.69, 9.17) is 46.4 Å². The van der Waals surface area contributed by atoms with Crippen LogP contribution in [-0.2, 0) is 22.6 Å². The molecule has 4 nitrogen and oxygen atoms in total.